The number of carbonyl (C=O) groups excluding carboxylic acids is 1. The summed E-state index contributed by atoms with van der Waals surface area (Å²) in [6, 6.07) is 22.6. The number of amides is 1. The van der Waals surface area contributed by atoms with Crippen LogP contribution in [-0.4, -0.2) is 37.3 Å². The van der Waals surface area contributed by atoms with Gasteiger partial charge in [0.1, 0.15) is 22.8 Å². The topological polar surface area (TPSA) is 60.9 Å². The van der Waals surface area contributed by atoms with Gasteiger partial charge in [-0.25, -0.2) is 4.98 Å². The van der Waals surface area contributed by atoms with Crippen molar-refractivity contribution in [3.63, 3.8) is 0 Å². The fraction of sp³-hybridized carbons (Fsp3) is 0.231. The molecule has 1 aromatic heterocycles. The quantitative estimate of drug-likeness (QED) is 0.342. The standard InChI is InChI=1S/C26H24N2O4S/c1-30-22-13-6-14-23-24(22)27-26(33-23)28(17-21-12-7-15-31-21)25(29)18-8-5-11-20(16-18)32-19-9-3-2-4-10-19/h2-6,8-11,13-14,16,21H,7,12,15,17H2,1H3. The number of nitrogens with zero attached hydrogens (tertiary/aromatic N) is 2. The van der Waals surface area contributed by atoms with E-state index in [0.717, 1.165) is 35.4 Å². The average molecular weight is 461 g/mol. The van der Waals surface area contributed by atoms with Gasteiger partial charge in [0.05, 0.1) is 24.5 Å². The second-order valence-corrected chi connectivity index (χ2v) is 8.81. The maximum atomic E-state index is 13.7. The predicted octanol–water partition coefficient (Wildman–Crippen LogP) is 5.92. The number of carbonyl (C=O) groups is 1. The molecule has 1 atom stereocenters. The van der Waals surface area contributed by atoms with Crippen LogP contribution in [0.4, 0.5) is 5.13 Å². The summed E-state index contributed by atoms with van der Waals surface area (Å²) in [6.07, 6.45) is 1.92. The lowest BCUT2D eigenvalue weighted by atomic mass is 10.1. The fourth-order valence-electron chi connectivity index (χ4n) is 3.90. The molecule has 6 nitrogen and oxygen atoms in total. The Labute approximate surface area is 196 Å². The van der Waals surface area contributed by atoms with Crippen molar-refractivity contribution in [3.8, 4) is 17.2 Å². The monoisotopic (exact) mass is 460 g/mol. The van der Waals surface area contributed by atoms with E-state index in [1.807, 2.05) is 60.7 Å². The van der Waals surface area contributed by atoms with Gasteiger partial charge in [0.25, 0.3) is 5.91 Å². The number of anilines is 1. The van der Waals surface area contributed by atoms with Crippen LogP contribution in [0.2, 0.25) is 0 Å². The number of thiazole rings is 1. The van der Waals surface area contributed by atoms with Crippen molar-refractivity contribution in [1.29, 1.82) is 0 Å². The maximum absolute atomic E-state index is 13.7. The highest BCUT2D eigenvalue weighted by atomic mass is 32.1. The highest BCUT2D eigenvalue weighted by molar-refractivity contribution is 7.22. The molecule has 1 unspecified atom stereocenters. The van der Waals surface area contributed by atoms with Gasteiger partial charge < -0.3 is 14.2 Å². The molecule has 1 aliphatic rings. The second-order valence-electron chi connectivity index (χ2n) is 7.80. The summed E-state index contributed by atoms with van der Waals surface area (Å²) in [5.41, 5.74) is 1.29. The molecule has 7 heteroatoms. The number of methoxy groups -OCH3 is 1. The van der Waals surface area contributed by atoms with E-state index in [1.54, 1.807) is 24.1 Å². The molecule has 1 amide bonds. The number of aromatic nitrogens is 1. The van der Waals surface area contributed by atoms with Crippen LogP contribution in [0, 0.1) is 0 Å². The van der Waals surface area contributed by atoms with Crippen LogP contribution in [0.1, 0.15) is 23.2 Å². The van der Waals surface area contributed by atoms with E-state index in [4.69, 9.17) is 19.2 Å². The van der Waals surface area contributed by atoms with E-state index in [9.17, 15) is 4.79 Å². The first-order valence-corrected chi connectivity index (χ1v) is 11.7. The van der Waals surface area contributed by atoms with E-state index in [0.29, 0.717) is 28.7 Å². The van der Waals surface area contributed by atoms with Crippen LogP contribution in [0.5, 0.6) is 17.2 Å². The van der Waals surface area contributed by atoms with Gasteiger partial charge in [-0.05, 0) is 55.3 Å². The zero-order chi connectivity index (χ0) is 22.6. The van der Waals surface area contributed by atoms with Crippen molar-refractivity contribution >= 4 is 32.6 Å². The van der Waals surface area contributed by atoms with Gasteiger partial charge in [0, 0.05) is 12.2 Å². The Hall–Kier alpha value is -3.42. The van der Waals surface area contributed by atoms with E-state index >= 15 is 0 Å². The van der Waals surface area contributed by atoms with Crippen LogP contribution >= 0.6 is 11.3 Å². The van der Waals surface area contributed by atoms with Crippen LogP contribution in [0.15, 0.2) is 72.8 Å². The molecular formula is C26H24N2O4S. The number of fused-ring (bicyclic) bond motifs is 1. The Bertz CT molecular complexity index is 1250. The van der Waals surface area contributed by atoms with E-state index in [-0.39, 0.29) is 12.0 Å². The zero-order valence-electron chi connectivity index (χ0n) is 18.3. The van der Waals surface area contributed by atoms with Gasteiger partial charge >= 0.3 is 0 Å². The van der Waals surface area contributed by atoms with Gasteiger partial charge in [-0.1, -0.05) is 41.7 Å². The normalized spacial score (nSPS) is 15.5. The summed E-state index contributed by atoms with van der Waals surface area (Å²) in [5, 5.41) is 0.629. The average Bonchev–Trinajstić information content (AvgIpc) is 3.52. The first-order chi connectivity index (χ1) is 16.2. The molecule has 168 valence electrons. The second kappa shape index (κ2) is 9.60. The fourth-order valence-corrected chi connectivity index (χ4v) is 4.90. The lowest BCUT2D eigenvalue weighted by Gasteiger charge is -2.23. The van der Waals surface area contributed by atoms with Crippen LogP contribution in [0.3, 0.4) is 0 Å². The molecule has 1 fully saturated rings. The summed E-state index contributed by atoms with van der Waals surface area (Å²) in [7, 11) is 1.63. The van der Waals surface area contributed by atoms with E-state index in [2.05, 4.69) is 0 Å². The number of para-hydroxylation sites is 2. The first-order valence-electron chi connectivity index (χ1n) is 10.9. The molecule has 3 aromatic carbocycles. The lowest BCUT2D eigenvalue weighted by molar-refractivity contribution is 0.0917. The number of rotatable bonds is 7. The molecule has 5 rings (SSSR count). The lowest BCUT2D eigenvalue weighted by Crippen LogP contribution is -2.37. The molecule has 0 radical (unpaired) electrons. The van der Waals surface area contributed by atoms with Crippen LogP contribution in [-0.2, 0) is 4.74 Å². The molecule has 2 heterocycles. The Morgan fingerprint density at radius 3 is 2.70 bits per heavy atom. The van der Waals surface area contributed by atoms with Crippen molar-refractivity contribution in [2.75, 3.05) is 25.2 Å². The Kier molecular flexibility index (Phi) is 6.24. The van der Waals surface area contributed by atoms with Crippen molar-refractivity contribution in [2.24, 2.45) is 0 Å². The van der Waals surface area contributed by atoms with Crippen molar-refractivity contribution < 1.29 is 19.0 Å². The van der Waals surface area contributed by atoms with Gasteiger partial charge in [0.15, 0.2) is 5.13 Å². The molecule has 33 heavy (non-hydrogen) atoms. The minimum atomic E-state index is -0.137. The van der Waals surface area contributed by atoms with Crippen LogP contribution in [0.25, 0.3) is 10.2 Å². The Morgan fingerprint density at radius 1 is 1.09 bits per heavy atom. The van der Waals surface area contributed by atoms with Gasteiger partial charge in [0.2, 0.25) is 0 Å². The minimum absolute atomic E-state index is 0.00777. The molecule has 1 aliphatic heterocycles. The molecule has 0 bridgehead atoms. The third kappa shape index (κ3) is 4.69. The van der Waals surface area contributed by atoms with E-state index in [1.165, 1.54) is 11.3 Å². The summed E-state index contributed by atoms with van der Waals surface area (Å²) in [4.78, 5) is 20.2. The van der Waals surface area contributed by atoms with Crippen molar-refractivity contribution in [1.82, 2.24) is 4.98 Å². The first kappa shape index (κ1) is 21.4. The third-order valence-corrected chi connectivity index (χ3v) is 6.58. The third-order valence-electron chi connectivity index (χ3n) is 5.54. The number of benzene rings is 3. The summed E-state index contributed by atoms with van der Waals surface area (Å²) >= 11 is 1.48. The van der Waals surface area contributed by atoms with Gasteiger partial charge in [-0.2, -0.15) is 0 Å². The van der Waals surface area contributed by atoms with Crippen molar-refractivity contribution in [3.05, 3.63) is 78.4 Å². The van der Waals surface area contributed by atoms with Crippen molar-refractivity contribution in [2.45, 2.75) is 18.9 Å². The van der Waals surface area contributed by atoms with Gasteiger partial charge in [-0.3, -0.25) is 9.69 Å². The molecule has 0 N–H and O–H groups in total. The summed E-state index contributed by atoms with van der Waals surface area (Å²) in [5.74, 6) is 1.88. The Morgan fingerprint density at radius 2 is 1.91 bits per heavy atom. The summed E-state index contributed by atoms with van der Waals surface area (Å²) in [6.45, 7) is 1.17. The molecule has 0 aliphatic carbocycles. The molecule has 4 aromatic rings. The molecular weight excluding hydrogens is 436 g/mol. The predicted molar refractivity (Wildman–Crippen MR) is 130 cm³/mol. The molecule has 0 spiro atoms. The van der Waals surface area contributed by atoms with Gasteiger partial charge in [-0.15, -0.1) is 0 Å². The van der Waals surface area contributed by atoms with E-state index < -0.39 is 0 Å². The largest absolute Gasteiger partial charge is 0.494 e. The smallest absolute Gasteiger partial charge is 0.260 e. The number of hydrogen-bond acceptors (Lipinski definition) is 6. The highest BCUT2D eigenvalue weighted by Gasteiger charge is 2.27. The SMILES string of the molecule is COc1cccc2sc(N(CC3CCCO3)C(=O)c3cccc(Oc4ccccc4)c3)nc12. The Balaban J connectivity index is 1.48. The zero-order valence-corrected chi connectivity index (χ0v) is 19.1. The minimum Gasteiger partial charge on any atom is -0.494 e. The summed E-state index contributed by atoms with van der Waals surface area (Å²) < 4.78 is 18.2. The molecule has 0 saturated carbocycles. The highest BCUT2D eigenvalue weighted by Crippen LogP contribution is 2.35. The number of ether oxygens (including phenoxy) is 3. The number of hydrogen-bond donors (Lipinski definition) is 0. The maximum Gasteiger partial charge on any atom is 0.260 e. The molecule has 1 saturated heterocycles. The van der Waals surface area contributed by atoms with Crippen LogP contribution < -0.4 is 14.4 Å².